The Bertz CT molecular complexity index is 594. The number of likely N-dealkylation sites (N-methyl/N-ethyl adjacent to an activating group) is 1. The maximum atomic E-state index is 5.49. The fraction of sp³-hybridized carbons (Fsp3) is 0.471. The van der Waals surface area contributed by atoms with Crippen LogP contribution in [0.25, 0.3) is 10.9 Å². The van der Waals surface area contributed by atoms with E-state index in [9.17, 15) is 0 Å². The van der Waals surface area contributed by atoms with E-state index in [0.717, 1.165) is 54.1 Å². The average molecular weight is 287 g/mol. The van der Waals surface area contributed by atoms with E-state index in [2.05, 4.69) is 42.0 Å². The zero-order chi connectivity index (χ0) is 15.2. The number of fused-ring (bicyclic) bond motifs is 1. The summed E-state index contributed by atoms with van der Waals surface area (Å²) in [7, 11) is 1.71. The lowest BCUT2D eigenvalue weighted by Crippen LogP contribution is -2.28. The van der Waals surface area contributed by atoms with Crippen LogP contribution in [0.4, 0.5) is 5.69 Å². The third-order valence-corrected chi connectivity index (χ3v) is 3.97. The lowest BCUT2D eigenvalue weighted by Gasteiger charge is -2.19. The summed E-state index contributed by atoms with van der Waals surface area (Å²) in [6.45, 7) is 10.5. The van der Waals surface area contributed by atoms with E-state index in [1.807, 2.05) is 18.3 Å². The van der Waals surface area contributed by atoms with Crippen molar-refractivity contribution < 1.29 is 4.74 Å². The monoisotopic (exact) mass is 287 g/mol. The van der Waals surface area contributed by atoms with Gasteiger partial charge in [0.15, 0.2) is 0 Å². The zero-order valence-electron chi connectivity index (χ0n) is 13.4. The molecule has 0 radical (unpaired) electrons. The molecule has 0 spiro atoms. The Morgan fingerprint density at radius 2 is 2.05 bits per heavy atom. The first-order valence-corrected chi connectivity index (χ1v) is 7.59. The average Bonchev–Trinajstić information content (AvgIpc) is 2.53. The molecule has 0 saturated carbocycles. The van der Waals surface area contributed by atoms with Gasteiger partial charge in [-0.3, -0.25) is 4.98 Å². The number of ether oxygens (including phenoxy) is 1. The van der Waals surface area contributed by atoms with Crippen LogP contribution in [0.2, 0.25) is 0 Å². The van der Waals surface area contributed by atoms with Gasteiger partial charge in [0, 0.05) is 36.3 Å². The molecule has 0 atom stereocenters. The molecule has 2 rings (SSSR count). The van der Waals surface area contributed by atoms with Crippen molar-refractivity contribution in [2.45, 2.75) is 20.8 Å². The van der Waals surface area contributed by atoms with Gasteiger partial charge in [-0.2, -0.15) is 0 Å². The van der Waals surface area contributed by atoms with Crippen molar-refractivity contribution in [3.63, 3.8) is 0 Å². The number of methoxy groups -OCH3 is 1. The molecule has 1 aromatic heterocycles. The van der Waals surface area contributed by atoms with Gasteiger partial charge in [0.1, 0.15) is 5.75 Å². The number of benzene rings is 1. The Labute approximate surface area is 127 Å². The summed E-state index contributed by atoms with van der Waals surface area (Å²) in [5.41, 5.74) is 3.19. The highest BCUT2D eigenvalue weighted by molar-refractivity contribution is 5.94. The van der Waals surface area contributed by atoms with Gasteiger partial charge in [0.25, 0.3) is 0 Å². The van der Waals surface area contributed by atoms with Gasteiger partial charge in [0.05, 0.1) is 18.3 Å². The number of aromatic nitrogens is 1. The molecule has 2 aromatic rings. The highest BCUT2D eigenvalue weighted by Gasteiger charge is 2.10. The molecule has 0 fully saturated rings. The van der Waals surface area contributed by atoms with E-state index < -0.39 is 0 Å². The van der Waals surface area contributed by atoms with Gasteiger partial charge >= 0.3 is 0 Å². The molecule has 0 unspecified atom stereocenters. The van der Waals surface area contributed by atoms with Crippen LogP contribution < -0.4 is 10.1 Å². The summed E-state index contributed by atoms with van der Waals surface area (Å²) in [6, 6.07) is 6.11. The van der Waals surface area contributed by atoms with E-state index in [1.165, 1.54) is 0 Å². The molecular formula is C17H25N3O. The van der Waals surface area contributed by atoms with Gasteiger partial charge < -0.3 is 15.0 Å². The number of nitrogens with one attached hydrogen (secondary N) is 1. The van der Waals surface area contributed by atoms with Gasteiger partial charge in [-0.1, -0.05) is 19.9 Å². The third-order valence-electron chi connectivity index (χ3n) is 3.97. The van der Waals surface area contributed by atoms with Crippen molar-refractivity contribution in [2.24, 2.45) is 0 Å². The molecule has 0 aliphatic carbocycles. The summed E-state index contributed by atoms with van der Waals surface area (Å²) in [4.78, 5) is 6.92. The molecule has 0 aliphatic heterocycles. The molecule has 1 N–H and O–H groups in total. The van der Waals surface area contributed by atoms with E-state index in [0.29, 0.717) is 0 Å². The van der Waals surface area contributed by atoms with Crippen molar-refractivity contribution >= 4 is 16.6 Å². The second-order valence-electron chi connectivity index (χ2n) is 5.10. The summed E-state index contributed by atoms with van der Waals surface area (Å²) >= 11 is 0. The molecule has 4 heteroatoms. The largest absolute Gasteiger partial charge is 0.496 e. The minimum absolute atomic E-state index is 0.902. The topological polar surface area (TPSA) is 37.4 Å². The second-order valence-corrected chi connectivity index (χ2v) is 5.10. The number of hydrogen-bond donors (Lipinski definition) is 1. The fourth-order valence-electron chi connectivity index (χ4n) is 2.60. The lowest BCUT2D eigenvalue weighted by atomic mass is 10.1. The summed E-state index contributed by atoms with van der Waals surface area (Å²) in [5.74, 6) is 0.904. The van der Waals surface area contributed by atoms with E-state index in [4.69, 9.17) is 4.74 Å². The van der Waals surface area contributed by atoms with Crippen LogP contribution in [0.3, 0.4) is 0 Å². The zero-order valence-corrected chi connectivity index (χ0v) is 13.4. The van der Waals surface area contributed by atoms with E-state index >= 15 is 0 Å². The predicted molar refractivity (Wildman–Crippen MR) is 89.3 cm³/mol. The molecule has 0 bridgehead atoms. The summed E-state index contributed by atoms with van der Waals surface area (Å²) < 4.78 is 5.49. The van der Waals surface area contributed by atoms with Crippen molar-refractivity contribution in [2.75, 3.05) is 38.6 Å². The van der Waals surface area contributed by atoms with Crippen molar-refractivity contribution in [3.8, 4) is 5.75 Å². The number of rotatable bonds is 7. The fourth-order valence-corrected chi connectivity index (χ4v) is 2.60. The standard InChI is InChI=1S/C17H25N3O/c1-5-20(6-2)11-10-18-15-12-16(21-4)13(3)14-8-7-9-19-17(14)15/h7-9,12,18H,5-6,10-11H2,1-4H3. The van der Waals surface area contributed by atoms with Crippen molar-refractivity contribution in [1.29, 1.82) is 0 Å². The van der Waals surface area contributed by atoms with Crippen LogP contribution in [-0.2, 0) is 0 Å². The summed E-state index contributed by atoms with van der Waals surface area (Å²) in [6.07, 6.45) is 1.84. The number of pyridine rings is 1. The highest BCUT2D eigenvalue weighted by Crippen LogP contribution is 2.32. The second kappa shape index (κ2) is 7.27. The molecule has 4 nitrogen and oxygen atoms in total. The molecule has 21 heavy (non-hydrogen) atoms. The molecule has 0 saturated heterocycles. The minimum Gasteiger partial charge on any atom is -0.496 e. The maximum Gasteiger partial charge on any atom is 0.124 e. The van der Waals surface area contributed by atoms with Gasteiger partial charge in [-0.15, -0.1) is 0 Å². The molecular weight excluding hydrogens is 262 g/mol. The Balaban J connectivity index is 2.24. The van der Waals surface area contributed by atoms with Gasteiger partial charge in [0.2, 0.25) is 0 Å². The van der Waals surface area contributed by atoms with Crippen molar-refractivity contribution in [1.82, 2.24) is 9.88 Å². The van der Waals surface area contributed by atoms with Gasteiger partial charge in [-0.05, 0) is 26.1 Å². The predicted octanol–water partition coefficient (Wildman–Crippen LogP) is 3.31. The molecule has 114 valence electrons. The smallest absolute Gasteiger partial charge is 0.124 e. The quantitative estimate of drug-likeness (QED) is 0.848. The highest BCUT2D eigenvalue weighted by atomic mass is 16.5. The number of nitrogens with zero attached hydrogens (tertiary/aromatic N) is 2. The van der Waals surface area contributed by atoms with E-state index in [-0.39, 0.29) is 0 Å². The third kappa shape index (κ3) is 3.45. The maximum absolute atomic E-state index is 5.49. The normalized spacial score (nSPS) is 11.1. The number of hydrogen-bond acceptors (Lipinski definition) is 4. The Morgan fingerprint density at radius 1 is 1.29 bits per heavy atom. The SMILES string of the molecule is CCN(CC)CCNc1cc(OC)c(C)c2cccnc12. The van der Waals surface area contributed by atoms with E-state index in [1.54, 1.807) is 7.11 Å². The first-order valence-electron chi connectivity index (χ1n) is 7.59. The lowest BCUT2D eigenvalue weighted by molar-refractivity contribution is 0.316. The molecule has 1 aromatic carbocycles. The number of anilines is 1. The Morgan fingerprint density at radius 3 is 2.71 bits per heavy atom. The van der Waals surface area contributed by atoms with Crippen LogP contribution in [-0.4, -0.2) is 43.2 Å². The van der Waals surface area contributed by atoms with Crippen LogP contribution in [0.15, 0.2) is 24.4 Å². The van der Waals surface area contributed by atoms with Crippen LogP contribution in [0.5, 0.6) is 5.75 Å². The first-order chi connectivity index (χ1) is 10.2. The molecule has 1 heterocycles. The van der Waals surface area contributed by atoms with Gasteiger partial charge in [-0.25, -0.2) is 0 Å². The minimum atomic E-state index is 0.902. The van der Waals surface area contributed by atoms with Crippen LogP contribution in [0.1, 0.15) is 19.4 Å². The summed E-state index contributed by atoms with van der Waals surface area (Å²) in [5, 5.41) is 4.65. The van der Waals surface area contributed by atoms with Crippen molar-refractivity contribution in [3.05, 3.63) is 30.0 Å². The molecule has 0 aliphatic rings. The Kier molecular flexibility index (Phi) is 5.39. The number of aryl methyl sites for hydroxylation is 1. The first kappa shape index (κ1) is 15.6. The van der Waals surface area contributed by atoms with Crippen LogP contribution >= 0.6 is 0 Å². The Hall–Kier alpha value is -1.81. The van der Waals surface area contributed by atoms with Crippen LogP contribution in [0, 0.1) is 6.92 Å². The molecule has 0 amide bonds.